The minimum absolute atomic E-state index is 0.892. The van der Waals surface area contributed by atoms with Crippen LogP contribution in [0.1, 0.15) is 64.2 Å². The van der Waals surface area contributed by atoms with Crippen molar-refractivity contribution in [2.24, 2.45) is 5.92 Å². The van der Waals surface area contributed by atoms with Crippen LogP contribution in [0.4, 0.5) is 0 Å². The number of hydrogen-bond acceptors (Lipinski definition) is 2. The van der Waals surface area contributed by atoms with Crippen molar-refractivity contribution in [3.05, 3.63) is 0 Å². The highest BCUT2D eigenvalue weighted by Crippen LogP contribution is 2.35. The van der Waals surface area contributed by atoms with Crippen LogP contribution in [-0.2, 0) is 0 Å². The van der Waals surface area contributed by atoms with Crippen molar-refractivity contribution in [1.82, 2.24) is 10.2 Å². The fraction of sp³-hybridized carbons (Fsp3) is 1.00. The topological polar surface area (TPSA) is 15.3 Å². The molecule has 0 aromatic carbocycles. The maximum absolute atomic E-state index is 3.63. The van der Waals surface area contributed by atoms with Crippen LogP contribution in [0.3, 0.4) is 0 Å². The van der Waals surface area contributed by atoms with Crippen molar-refractivity contribution < 1.29 is 0 Å². The van der Waals surface area contributed by atoms with Crippen LogP contribution >= 0.6 is 0 Å². The summed E-state index contributed by atoms with van der Waals surface area (Å²) in [5, 5.41) is 3.63. The molecule has 1 heterocycles. The molecule has 104 valence electrons. The van der Waals surface area contributed by atoms with Crippen molar-refractivity contribution in [3.63, 3.8) is 0 Å². The smallest absolute Gasteiger partial charge is 0.0124 e. The van der Waals surface area contributed by atoms with Gasteiger partial charge in [-0.25, -0.2) is 0 Å². The van der Waals surface area contributed by atoms with Gasteiger partial charge in [0.25, 0.3) is 0 Å². The van der Waals surface area contributed by atoms with Gasteiger partial charge < -0.3 is 10.2 Å². The van der Waals surface area contributed by atoms with Gasteiger partial charge in [-0.2, -0.15) is 0 Å². The summed E-state index contributed by atoms with van der Waals surface area (Å²) in [6.07, 6.45) is 14.6. The van der Waals surface area contributed by atoms with Gasteiger partial charge in [0.2, 0.25) is 0 Å². The third kappa shape index (κ3) is 3.48. The molecular weight excluding hydrogens is 220 g/mol. The van der Waals surface area contributed by atoms with Gasteiger partial charge in [0.1, 0.15) is 0 Å². The Hall–Kier alpha value is -0.0800. The molecule has 0 spiro atoms. The third-order valence-corrected chi connectivity index (χ3v) is 5.24. The Labute approximate surface area is 113 Å². The van der Waals surface area contributed by atoms with Gasteiger partial charge >= 0.3 is 0 Å². The Morgan fingerprint density at radius 3 is 2.50 bits per heavy atom. The van der Waals surface area contributed by atoms with E-state index >= 15 is 0 Å². The Morgan fingerprint density at radius 1 is 0.889 bits per heavy atom. The molecule has 18 heavy (non-hydrogen) atoms. The molecule has 2 aliphatic carbocycles. The Morgan fingerprint density at radius 2 is 1.72 bits per heavy atom. The molecule has 0 bridgehead atoms. The molecule has 0 aromatic rings. The summed E-state index contributed by atoms with van der Waals surface area (Å²) in [4.78, 5) is 2.83. The molecule has 1 aliphatic heterocycles. The van der Waals surface area contributed by atoms with Crippen LogP contribution in [0, 0.1) is 5.92 Å². The summed E-state index contributed by atoms with van der Waals surface area (Å²) in [6, 6.07) is 1.85. The number of rotatable bonds is 7. The molecule has 2 saturated carbocycles. The van der Waals surface area contributed by atoms with Gasteiger partial charge in [-0.3, -0.25) is 0 Å². The molecule has 1 atom stereocenters. The number of likely N-dealkylation sites (tertiary alicyclic amines) is 1. The van der Waals surface area contributed by atoms with E-state index in [1.807, 2.05) is 0 Å². The lowest BCUT2D eigenvalue weighted by Gasteiger charge is -2.29. The average Bonchev–Trinajstić information content (AvgIpc) is 2.89. The van der Waals surface area contributed by atoms with E-state index in [2.05, 4.69) is 10.2 Å². The van der Waals surface area contributed by atoms with Crippen molar-refractivity contribution in [2.75, 3.05) is 19.6 Å². The van der Waals surface area contributed by atoms with Gasteiger partial charge in [0.15, 0.2) is 0 Å². The SMILES string of the molecule is C(CCN1CCCC1C1CCCC1)CNC1CC1. The maximum Gasteiger partial charge on any atom is 0.0124 e. The lowest BCUT2D eigenvalue weighted by atomic mass is 9.96. The van der Waals surface area contributed by atoms with Crippen LogP contribution in [0.15, 0.2) is 0 Å². The van der Waals surface area contributed by atoms with Gasteiger partial charge in [0.05, 0.1) is 0 Å². The minimum atomic E-state index is 0.892. The lowest BCUT2D eigenvalue weighted by Crippen LogP contribution is -2.35. The second-order valence-corrected chi connectivity index (χ2v) is 6.73. The summed E-state index contributed by atoms with van der Waals surface area (Å²) >= 11 is 0. The first-order chi connectivity index (χ1) is 8.93. The van der Waals surface area contributed by atoms with E-state index in [4.69, 9.17) is 0 Å². The maximum atomic E-state index is 3.63. The largest absolute Gasteiger partial charge is 0.314 e. The summed E-state index contributed by atoms with van der Waals surface area (Å²) in [5.74, 6) is 1.05. The first kappa shape index (κ1) is 12.9. The van der Waals surface area contributed by atoms with Crippen molar-refractivity contribution in [3.8, 4) is 0 Å². The van der Waals surface area contributed by atoms with E-state index < -0.39 is 0 Å². The molecule has 1 unspecified atom stereocenters. The monoisotopic (exact) mass is 250 g/mol. The van der Waals surface area contributed by atoms with E-state index in [0.717, 1.165) is 18.0 Å². The normalized spacial score (nSPS) is 30.3. The lowest BCUT2D eigenvalue weighted by molar-refractivity contribution is 0.187. The second-order valence-electron chi connectivity index (χ2n) is 6.73. The quantitative estimate of drug-likeness (QED) is 0.698. The second kappa shape index (κ2) is 6.38. The van der Waals surface area contributed by atoms with Crippen molar-refractivity contribution >= 4 is 0 Å². The fourth-order valence-electron chi connectivity index (χ4n) is 4.04. The summed E-state index contributed by atoms with van der Waals surface area (Å²) in [5.41, 5.74) is 0. The highest BCUT2D eigenvalue weighted by molar-refractivity contribution is 4.87. The van der Waals surface area contributed by atoms with E-state index in [1.165, 1.54) is 83.8 Å². The highest BCUT2D eigenvalue weighted by atomic mass is 15.2. The molecule has 2 nitrogen and oxygen atoms in total. The van der Waals surface area contributed by atoms with Crippen molar-refractivity contribution in [1.29, 1.82) is 0 Å². The van der Waals surface area contributed by atoms with Gasteiger partial charge in [-0.15, -0.1) is 0 Å². The minimum Gasteiger partial charge on any atom is -0.314 e. The third-order valence-electron chi connectivity index (χ3n) is 5.24. The van der Waals surface area contributed by atoms with Crippen molar-refractivity contribution in [2.45, 2.75) is 76.3 Å². The molecule has 1 saturated heterocycles. The standard InChI is InChI=1S/C16H30N2/c1-2-7-14(6-1)16-8-5-13-18(16)12-4-3-11-17-15-9-10-15/h14-17H,1-13H2. The number of unbranched alkanes of at least 4 members (excludes halogenated alkanes) is 1. The Kier molecular flexibility index (Phi) is 4.58. The van der Waals surface area contributed by atoms with E-state index in [-0.39, 0.29) is 0 Å². The number of nitrogens with one attached hydrogen (secondary N) is 1. The predicted octanol–water partition coefficient (Wildman–Crippen LogP) is 3.17. The van der Waals surface area contributed by atoms with E-state index in [0.29, 0.717) is 0 Å². The molecule has 1 N–H and O–H groups in total. The summed E-state index contributed by atoms with van der Waals surface area (Å²) < 4.78 is 0. The summed E-state index contributed by atoms with van der Waals surface area (Å²) in [7, 11) is 0. The molecule has 2 heteroatoms. The highest BCUT2D eigenvalue weighted by Gasteiger charge is 2.32. The Balaban J connectivity index is 1.32. The zero-order valence-electron chi connectivity index (χ0n) is 11.9. The zero-order chi connectivity index (χ0) is 12.2. The molecule has 0 amide bonds. The zero-order valence-corrected chi connectivity index (χ0v) is 11.9. The summed E-state index contributed by atoms with van der Waals surface area (Å²) in [6.45, 7) is 4.01. The van der Waals surface area contributed by atoms with Crippen LogP contribution in [-0.4, -0.2) is 36.6 Å². The molecule has 0 aromatic heterocycles. The van der Waals surface area contributed by atoms with Crippen LogP contribution in [0.25, 0.3) is 0 Å². The molecule has 3 aliphatic rings. The van der Waals surface area contributed by atoms with E-state index in [9.17, 15) is 0 Å². The number of hydrogen-bond donors (Lipinski definition) is 1. The van der Waals surface area contributed by atoms with Crippen LogP contribution in [0.2, 0.25) is 0 Å². The molecular formula is C16H30N2. The predicted molar refractivity (Wildman–Crippen MR) is 76.8 cm³/mol. The molecule has 3 rings (SSSR count). The Bertz CT molecular complexity index is 243. The van der Waals surface area contributed by atoms with Crippen LogP contribution < -0.4 is 5.32 Å². The molecule has 3 fully saturated rings. The first-order valence-corrected chi connectivity index (χ1v) is 8.41. The molecule has 0 radical (unpaired) electrons. The van der Waals surface area contributed by atoms with Crippen LogP contribution in [0.5, 0.6) is 0 Å². The fourth-order valence-corrected chi connectivity index (χ4v) is 4.04. The first-order valence-electron chi connectivity index (χ1n) is 8.41. The average molecular weight is 250 g/mol. The van der Waals surface area contributed by atoms with Gasteiger partial charge in [0, 0.05) is 12.1 Å². The number of nitrogens with zero attached hydrogens (tertiary/aromatic N) is 1. The van der Waals surface area contributed by atoms with Gasteiger partial charge in [-0.1, -0.05) is 12.8 Å². The van der Waals surface area contributed by atoms with Gasteiger partial charge in [-0.05, 0) is 76.9 Å². The van der Waals surface area contributed by atoms with E-state index in [1.54, 1.807) is 0 Å².